The van der Waals surface area contributed by atoms with Crippen LogP contribution in [0, 0.1) is 17.1 Å². The van der Waals surface area contributed by atoms with Gasteiger partial charge in [-0.05, 0) is 18.2 Å². The van der Waals surface area contributed by atoms with Crippen LogP contribution in [0.4, 0.5) is 4.39 Å². The van der Waals surface area contributed by atoms with Gasteiger partial charge in [0.1, 0.15) is 11.9 Å². The number of nitrogens with zero attached hydrogens (tertiary/aromatic N) is 1. The molecule has 0 spiro atoms. The third kappa shape index (κ3) is 3.36. The first-order valence-electron chi connectivity index (χ1n) is 4.67. The topological polar surface area (TPSA) is 93.2 Å². The van der Waals surface area contributed by atoms with Gasteiger partial charge in [0.25, 0.3) is 0 Å². The van der Waals surface area contributed by atoms with Crippen LogP contribution in [0.15, 0.2) is 18.2 Å². The lowest BCUT2D eigenvalue weighted by Gasteiger charge is -2.03. The molecule has 0 aromatic heterocycles. The number of esters is 1. The van der Waals surface area contributed by atoms with Gasteiger partial charge in [-0.25, -0.2) is 4.39 Å². The largest absolute Gasteiger partial charge is 0.456 e. The number of carbonyl (C=O) groups excluding carboxylic acids is 2. The maximum Gasteiger partial charge on any atom is 0.320 e. The van der Waals surface area contributed by atoms with Crippen LogP contribution < -0.4 is 5.73 Å². The van der Waals surface area contributed by atoms with Crippen molar-refractivity contribution in [3.63, 3.8) is 0 Å². The van der Waals surface area contributed by atoms with Crippen LogP contribution in [-0.2, 0) is 9.53 Å². The second-order valence-electron chi connectivity index (χ2n) is 3.09. The summed E-state index contributed by atoms with van der Waals surface area (Å²) in [6.45, 7) is -0.823. The summed E-state index contributed by atoms with van der Waals surface area (Å²) in [6.07, 6.45) is 0. The van der Waals surface area contributed by atoms with Crippen LogP contribution in [0.3, 0.4) is 0 Å². The van der Waals surface area contributed by atoms with Gasteiger partial charge in [-0.3, -0.25) is 9.59 Å². The summed E-state index contributed by atoms with van der Waals surface area (Å²) in [6, 6.07) is 5.04. The van der Waals surface area contributed by atoms with E-state index in [1.54, 1.807) is 6.07 Å². The van der Waals surface area contributed by atoms with E-state index in [2.05, 4.69) is 4.74 Å². The zero-order valence-electron chi connectivity index (χ0n) is 8.77. The summed E-state index contributed by atoms with van der Waals surface area (Å²) in [5.41, 5.74) is 4.86. The van der Waals surface area contributed by atoms with Crippen LogP contribution in [-0.4, -0.2) is 24.9 Å². The number of hydrogen-bond acceptors (Lipinski definition) is 5. The summed E-state index contributed by atoms with van der Waals surface area (Å²) in [7, 11) is 0. The zero-order chi connectivity index (χ0) is 12.8. The summed E-state index contributed by atoms with van der Waals surface area (Å²) in [5, 5.41) is 8.50. The second kappa shape index (κ2) is 5.72. The number of hydrogen-bond donors (Lipinski definition) is 1. The van der Waals surface area contributed by atoms with Gasteiger partial charge >= 0.3 is 5.97 Å². The Labute approximate surface area is 96.6 Å². The average molecular weight is 236 g/mol. The van der Waals surface area contributed by atoms with Gasteiger partial charge in [0.05, 0.1) is 12.1 Å². The first-order valence-corrected chi connectivity index (χ1v) is 4.67. The van der Waals surface area contributed by atoms with Crippen molar-refractivity contribution in [3.8, 4) is 6.07 Å². The Bertz CT molecular complexity index is 494. The molecule has 0 unspecified atom stereocenters. The molecule has 0 aliphatic rings. The van der Waals surface area contributed by atoms with Gasteiger partial charge in [-0.15, -0.1) is 0 Å². The normalized spacial score (nSPS) is 9.47. The molecule has 0 heterocycles. The highest BCUT2D eigenvalue weighted by atomic mass is 19.1. The first-order chi connectivity index (χ1) is 8.08. The molecular formula is C11H9FN2O3. The Morgan fingerprint density at radius 2 is 2.18 bits per heavy atom. The Kier molecular flexibility index (Phi) is 4.31. The number of nitriles is 1. The Hall–Kier alpha value is -2.26. The molecule has 0 atom stereocenters. The molecule has 88 valence electrons. The molecule has 1 aromatic rings. The standard InChI is InChI=1S/C11H9FN2O3/c12-9-3-7(1-2-8(9)4-13)10(15)6-17-11(16)5-14/h1-3H,5-6,14H2. The lowest BCUT2D eigenvalue weighted by Crippen LogP contribution is -2.20. The fourth-order valence-electron chi connectivity index (χ4n) is 1.07. The van der Waals surface area contributed by atoms with Crippen molar-refractivity contribution in [2.24, 2.45) is 5.73 Å². The maximum absolute atomic E-state index is 13.2. The van der Waals surface area contributed by atoms with Gasteiger partial charge in [0.15, 0.2) is 12.4 Å². The molecule has 1 aromatic carbocycles. The van der Waals surface area contributed by atoms with Crippen molar-refractivity contribution in [3.05, 3.63) is 35.1 Å². The molecule has 0 fully saturated rings. The van der Waals surface area contributed by atoms with E-state index in [9.17, 15) is 14.0 Å². The van der Waals surface area contributed by atoms with E-state index in [4.69, 9.17) is 11.0 Å². The molecule has 6 heteroatoms. The number of carbonyl (C=O) groups is 2. The van der Waals surface area contributed by atoms with Crippen molar-refractivity contribution in [1.82, 2.24) is 0 Å². The van der Waals surface area contributed by atoms with E-state index >= 15 is 0 Å². The number of ether oxygens (including phenoxy) is 1. The monoisotopic (exact) mass is 236 g/mol. The van der Waals surface area contributed by atoms with Crippen LogP contribution in [0.1, 0.15) is 15.9 Å². The summed E-state index contributed by atoms with van der Waals surface area (Å²) in [4.78, 5) is 22.1. The van der Waals surface area contributed by atoms with Crippen LogP contribution in [0.5, 0.6) is 0 Å². The summed E-state index contributed by atoms with van der Waals surface area (Å²) >= 11 is 0. The second-order valence-corrected chi connectivity index (χ2v) is 3.09. The van der Waals surface area contributed by atoms with Crippen LogP contribution >= 0.6 is 0 Å². The quantitative estimate of drug-likeness (QED) is 0.602. The van der Waals surface area contributed by atoms with E-state index in [0.29, 0.717) is 0 Å². The van der Waals surface area contributed by atoms with E-state index in [0.717, 1.165) is 6.07 Å². The van der Waals surface area contributed by atoms with Crippen molar-refractivity contribution >= 4 is 11.8 Å². The van der Waals surface area contributed by atoms with Crippen molar-refractivity contribution in [2.45, 2.75) is 0 Å². The third-order valence-electron chi connectivity index (χ3n) is 1.94. The van der Waals surface area contributed by atoms with Crippen LogP contribution in [0.25, 0.3) is 0 Å². The van der Waals surface area contributed by atoms with Gasteiger partial charge < -0.3 is 10.5 Å². The summed E-state index contributed by atoms with van der Waals surface area (Å²) in [5.74, 6) is -2.06. The minimum absolute atomic E-state index is 0.0336. The van der Waals surface area contributed by atoms with Gasteiger partial charge in [-0.1, -0.05) is 0 Å². The van der Waals surface area contributed by atoms with Crippen molar-refractivity contribution in [2.75, 3.05) is 13.2 Å². The van der Waals surface area contributed by atoms with Crippen molar-refractivity contribution in [1.29, 1.82) is 5.26 Å². The number of ketones is 1. The first kappa shape index (κ1) is 12.8. The molecule has 0 amide bonds. The molecule has 17 heavy (non-hydrogen) atoms. The number of nitrogens with two attached hydrogens (primary N) is 1. The number of halogens is 1. The van der Waals surface area contributed by atoms with Crippen molar-refractivity contribution < 1.29 is 18.7 Å². The summed E-state index contributed by atoms with van der Waals surface area (Å²) < 4.78 is 17.7. The highest BCUT2D eigenvalue weighted by Gasteiger charge is 2.11. The fourth-order valence-corrected chi connectivity index (χ4v) is 1.07. The molecule has 2 N–H and O–H groups in total. The molecule has 0 aliphatic heterocycles. The van der Waals surface area contributed by atoms with Gasteiger partial charge in [0.2, 0.25) is 0 Å². The molecule has 5 nitrogen and oxygen atoms in total. The highest BCUT2D eigenvalue weighted by Crippen LogP contribution is 2.10. The van der Waals surface area contributed by atoms with E-state index < -0.39 is 24.2 Å². The number of Topliss-reactive ketones (excluding diaryl/α,β-unsaturated/α-hetero) is 1. The minimum Gasteiger partial charge on any atom is -0.456 e. The lowest BCUT2D eigenvalue weighted by molar-refractivity contribution is -0.140. The molecule has 0 radical (unpaired) electrons. The Morgan fingerprint density at radius 1 is 1.47 bits per heavy atom. The molecule has 0 saturated carbocycles. The number of rotatable bonds is 4. The zero-order valence-corrected chi connectivity index (χ0v) is 8.77. The van der Waals surface area contributed by atoms with E-state index in [1.807, 2.05) is 0 Å². The Morgan fingerprint density at radius 3 is 2.71 bits per heavy atom. The molecule has 0 aliphatic carbocycles. The lowest BCUT2D eigenvalue weighted by atomic mass is 10.1. The smallest absolute Gasteiger partial charge is 0.320 e. The highest BCUT2D eigenvalue weighted by molar-refractivity contribution is 5.98. The number of benzene rings is 1. The average Bonchev–Trinajstić information content (AvgIpc) is 2.35. The predicted octanol–water partition coefficient (Wildman–Crippen LogP) is 0.382. The molecule has 1 rings (SSSR count). The predicted molar refractivity (Wildman–Crippen MR) is 55.5 cm³/mol. The Balaban J connectivity index is 2.74. The maximum atomic E-state index is 13.2. The molecular weight excluding hydrogens is 227 g/mol. The van der Waals surface area contributed by atoms with E-state index in [1.165, 1.54) is 12.1 Å². The van der Waals surface area contributed by atoms with E-state index in [-0.39, 0.29) is 17.7 Å². The minimum atomic E-state index is -0.788. The molecule has 0 bridgehead atoms. The fraction of sp³-hybridized carbons (Fsp3) is 0.182. The van der Waals surface area contributed by atoms with Gasteiger partial charge in [0, 0.05) is 5.56 Å². The van der Waals surface area contributed by atoms with Crippen LogP contribution in [0.2, 0.25) is 0 Å². The third-order valence-corrected chi connectivity index (χ3v) is 1.94. The molecule has 0 saturated heterocycles. The SMILES string of the molecule is N#Cc1ccc(C(=O)COC(=O)CN)cc1F. The van der Waals surface area contributed by atoms with Gasteiger partial charge in [-0.2, -0.15) is 5.26 Å².